The zero-order valence-electron chi connectivity index (χ0n) is 8.36. The molecule has 0 aliphatic rings. The molecule has 78 valence electrons. The van der Waals surface area contributed by atoms with Gasteiger partial charge in [-0.15, -0.1) is 6.58 Å². The second-order valence-corrected chi connectivity index (χ2v) is 2.74. The van der Waals surface area contributed by atoms with E-state index < -0.39 is 6.09 Å². The standard InChI is InChI=1S/C10H15NO3/c1-4-6-11(8-9(3)12)10(13)14-7-5-2/h4-5H,1-2,6-8H2,3H3. The van der Waals surface area contributed by atoms with E-state index in [4.69, 9.17) is 4.74 Å². The summed E-state index contributed by atoms with van der Waals surface area (Å²) < 4.78 is 4.78. The molecule has 0 aromatic carbocycles. The zero-order valence-corrected chi connectivity index (χ0v) is 8.36. The van der Waals surface area contributed by atoms with Crippen LogP contribution in [0.25, 0.3) is 0 Å². The Kier molecular flexibility index (Phi) is 6.11. The van der Waals surface area contributed by atoms with Gasteiger partial charge in [0, 0.05) is 6.54 Å². The minimum absolute atomic E-state index is 0.0436. The summed E-state index contributed by atoms with van der Waals surface area (Å²) in [5, 5.41) is 0. The molecule has 0 N–H and O–H groups in total. The van der Waals surface area contributed by atoms with Crippen molar-refractivity contribution in [2.24, 2.45) is 0 Å². The summed E-state index contributed by atoms with van der Waals surface area (Å²) in [6.45, 7) is 8.81. The van der Waals surface area contributed by atoms with Crippen LogP contribution in [0.1, 0.15) is 6.92 Å². The first-order valence-corrected chi connectivity index (χ1v) is 4.24. The van der Waals surface area contributed by atoms with Crippen molar-refractivity contribution in [3.63, 3.8) is 0 Å². The fourth-order valence-corrected chi connectivity index (χ4v) is 0.850. The normalized spacial score (nSPS) is 8.93. The third-order valence-electron chi connectivity index (χ3n) is 1.35. The second kappa shape index (κ2) is 6.88. The molecule has 1 amide bonds. The Bertz CT molecular complexity index is 236. The molecule has 0 rings (SSSR count). The summed E-state index contributed by atoms with van der Waals surface area (Å²) in [4.78, 5) is 23.4. The first-order valence-electron chi connectivity index (χ1n) is 4.24. The highest BCUT2D eigenvalue weighted by Gasteiger charge is 2.14. The van der Waals surface area contributed by atoms with E-state index >= 15 is 0 Å². The molecule has 0 unspecified atom stereocenters. The first kappa shape index (κ1) is 12.4. The minimum atomic E-state index is -0.528. The summed E-state index contributed by atoms with van der Waals surface area (Å²) in [5.74, 6) is -0.0950. The first-order chi connectivity index (χ1) is 6.61. The maximum Gasteiger partial charge on any atom is 0.410 e. The smallest absolute Gasteiger partial charge is 0.410 e. The number of hydrogen-bond acceptors (Lipinski definition) is 3. The number of carbonyl (C=O) groups is 2. The number of Topliss-reactive ketones (excluding diaryl/α,β-unsaturated/α-hetero) is 1. The van der Waals surface area contributed by atoms with Crippen LogP contribution < -0.4 is 0 Å². The Morgan fingerprint density at radius 2 is 2.00 bits per heavy atom. The monoisotopic (exact) mass is 197 g/mol. The Hall–Kier alpha value is -1.58. The topological polar surface area (TPSA) is 46.6 Å². The highest BCUT2D eigenvalue weighted by atomic mass is 16.6. The quantitative estimate of drug-likeness (QED) is 0.604. The summed E-state index contributed by atoms with van der Waals surface area (Å²) in [5.41, 5.74) is 0. The van der Waals surface area contributed by atoms with Crippen molar-refractivity contribution in [1.82, 2.24) is 4.90 Å². The lowest BCUT2D eigenvalue weighted by atomic mass is 10.4. The molecular formula is C10H15NO3. The zero-order chi connectivity index (χ0) is 11.0. The van der Waals surface area contributed by atoms with E-state index in [0.717, 1.165) is 0 Å². The lowest BCUT2D eigenvalue weighted by Crippen LogP contribution is -2.35. The van der Waals surface area contributed by atoms with Crippen LogP contribution in [0, 0.1) is 0 Å². The number of rotatable bonds is 6. The molecule has 4 heteroatoms. The van der Waals surface area contributed by atoms with Gasteiger partial charge in [0.25, 0.3) is 0 Å². The van der Waals surface area contributed by atoms with Crippen LogP contribution >= 0.6 is 0 Å². The second-order valence-electron chi connectivity index (χ2n) is 2.74. The fraction of sp³-hybridized carbons (Fsp3) is 0.400. The largest absolute Gasteiger partial charge is 0.445 e. The predicted octanol–water partition coefficient (Wildman–Crippen LogP) is 1.39. The van der Waals surface area contributed by atoms with Gasteiger partial charge in [0.2, 0.25) is 0 Å². The van der Waals surface area contributed by atoms with Crippen LogP contribution in [0.5, 0.6) is 0 Å². The molecule has 0 fully saturated rings. The van der Waals surface area contributed by atoms with E-state index in [-0.39, 0.29) is 18.9 Å². The van der Waals surface area contributed by atoms with E-state index in [1.807, 2.05) is 0 Å². The van der Waals surface area contributed by atoms with Gasteiger partial charge in [0.05, 0.1) is 6.54 Å². The summed E-state index contributed by atoms with van der Waals surface area (Å²) in [7, 11) is 0. The number of ketones is 1. The van der Waals surface area contributed by atoms with E-state index in [0.29, 0.717) is 6.54 Å². The van der Waals surface area contributed by atoms with Crippen LogP contribution in [0.2, 0.25) is 0 Å². The summed E-state index contributed by atoms with van der Waals surface area (Å²) in [6, 6.07) is 0. The number of amides is 1. The van der Waals surface area contributed by atoms with E-state index in [1.165, 1.54) is 24.0 Å². The molecule has 0 radical (unpaired) electrons. The van der Waals surface area contributed by atoms with Crippen LogP contribution in [0.3, 0.4) is 0 Å². The third kappa shape index (κ3) is 5.13. The van der Waals surface area contributed by atoms with Crippen molar-refractivity contribution in [2.75, 3.05) is 19.7 Å². The van der Waals surface area contributed by atoms with Crippen molar-refractivity contribution < 1.29 is 14.3 Å². The van der Waals surface area contributed by atoms with Crippen LogP contribution in [-0.2, 0) is 9.53 Å². The van der Waals surface area contributed by atoms with E-state index in [1.54, 1.807) is 0 Å². The Morgan fingerprint density at radius 1 is 1.36 bits per heavy atom. The molecule has 0 heterocycles. The maximum atomic E-state index is 11.3. The number of nitrogens with zero attached hydrogens (tertiary/aromatic N) is 1. The third-order valence-corrected chi connectivity index (χ3v) is 1.35. The minimum Gasteiger partial charge on any atom is -0.445 e. The van der Waals surface area contributed by atoms with Crippen molar-refractivity contribution in [3.8, 4) is 0 Å². The molecule has 0 saturated carbocycles. The average molecular weight is 197 g/mol. The molecular weight excluding hydrogens is 182 g/mol. The number of carbonyl (C=O) groups excluding carboxylic acids is 2. The SMILES string of the molecule is C=CCOC(=O)N(CC=C)CC(C)=O. The van der Waals surface area contributed by atoms with Gasteiger partial charge in [-0.3, -0.25) is 9.69 Å². The van der Waals surface area contributed by atoms with Crippen LogP contribution in [-0.4, -0.2) is 36.5 Å². The van der Waals surface area contributed by atoms with Crippen molar-refractivity contribution in [3.05, 3.63) is 25.3 Å². The molecule has 0 spiro atoms. The van der Waals surface area contributed by atoms with Crippen LogP contribution in [0.4, 0.5) is 4.79 Å². The van der Waals surface area contributed by atoms with Gasteiger partial charge in [-0.05, 0) is 6.92 Å². The molecule has 14 heavy (non-hydrogen) atoms. The molecule has 0 atom stereocenters. The van der Waals surface area contributed by atoms with Gasteiger partial charge in [-0.25, -0.2) is 4.79 Å². The Balaban J connectivity index is 4.16. The molecule has 0 bridgehead atoms. The van der Waals surface area contributed by atoms with Gasteiger partial charge >= 0.3 is 6.09 Å². The molecule has 0 aliphatic heterocycles. The fourth-order valence-electron chi connectivity index (χ4n) is 0.850. The maximum absolute atomic E-state index is 11.3. The lowest BCUT2D eigenvalue weighted by molar-refractivity contribution is -0.117. The lowest BCUT2D eigenvalue weighted by Gasteiger charge is -2.18. The number of hydrogen-bond donors (Lipinski definition) is 0. The van der Waals surface area contributed by atoms with Crippen LogP contribution in [0.15, 0.2) is 25.3 Å². The average Bonchev–Trinajstić information content (AvgIpc) is 2.13. The molecule has 4 nitrogen and oxygen atoms in total. The van der Waals surface area contributed by atoms with E-state index in [9.17, 15) is 9.59 Å². The Labute approximate surface area is 83.8 Å². The highest BCUT2D eigenvalue weighted by molar-refractivity contribution is 5.82. The number of ether oxygens (including phenoxy) is 1. The predicted molar refractivity (Wildman–Crippen MR) is 54.0 cm³/mol. The Morgan fingerprint density at radius 3 is 2.43 bits per heavy atom. The molecule has 0 aromatic rings. The summed E-state index contributed by atoms with van der Waals surface area (Å²) >= 11 is 0. The molecule has 0 aliphatic carbocycles. The summed E-state index contributed by atoms with van der Waals surface area (Å²) in [6.07, 6.45) is 2.48. The van der Waals surface area contributed by atoms with Gasteiger partial charge < -0.3 is 4.74 Å². The van der Waals surface area contributed by atoms with Crippen molar-refractivity contribution in [2.45, 2.75) is 6.92 Å². The van der Waals surface area contributed by atoms with Crippen molar-refractivity contribution >= 4 is 11.9 Å². The van der Waals surface area contributed by atoms with Gasteiger partial charge in [-0.1, -0.05) is 18.7 Å². The van der Waals surface area contributed by atoms with E-state index in [2.05, 4.69) is 13.2 Å². The van der Waals surface area contributed by atoms with Crippen molar-refractivity contribution in [1.29, 1.82) is 0 Å². The van der Waals surface area contributed by atoms with Gasteiger partial charge in [0.1, 0.15) is 12.4 Å². The van der Waals surface area contributed by atoms with Gasteiger partial charge in [0.15, 0.2) is 0 Å². The molecule has 0 saturated heterocycles. The molecule has 0 aromatic heterocycles. The van der Waals surface area contributed by atoms with Gasteiger partial charge in [-0.2, -0.15) is 0 Å². The highest BCUT2D eigenvalue weighted by Crippen LogP contribution is 1.95.